The number of nitrogens with one attached hydrogen (secondary N) is 2. The van der Waals surface area contributed by atoms with E-state index in [0.29, 0.717) is 11.6 Å². The first-order chi connectivity index (χ1) is 18.8. The van der Waals surface area contributed by atoms with Gasteiger partial charge in [-0.1, -0.05) is 18.2 Å². The third-order valence-corrected chi connectivity index (χ3v) is 7.77. The van der Waals surface area contributed by atoms with Gasteiger partial charge in [-0.15, -0.1) is 0 Å². The number of esters is 1. The standard InChI is InChI=1S/C24H31F2N6O7P/c1-6-36-20(33)14(2)31-40(35,39-16-10-8-7-9-11-16)37-12-24(26)21(34)23(4,25)22(38-24)32-13-28-17-18(27-5)29-15(3)30-19(17)32/h7-11,13-14,21-22,34H,6,12H2,1-5H3,(H,31,35)(H,27,29,30)/t14-,21+,22-,23-,24-,40?/m1/s1. The number of aromatic nitrogens is 4. The summed E-state index contributed by atoms with van der Waals surface area (Å²) in [4.78, 5) is 24.8. The highest BCUT2D eigenvalue weighted by molar-refractivity contribution is 7.52. The molecule has 2 aromatic heterocycles. The van der Waals surface area contributed by atoms with Gasteiger partial charge in [0.05, 0.1) is 12.9 Å². The first kappa shape index (κ1) is 29.7. The Morgan fingerprint density at radius 1 is 1.30 bits per heavy atom. The fourth-order valence-corrected chi connectivity index (χ4v) is 5.68. The molecule has 3 heterocycles. The molecule has 1 aromatic carbocycles. The number of hydrogen-bond donors (Lipinski definition) is 3. The van der Waals surface area contributed by atoms with Crippen molar-refractivity contribution in [2.24, 2.45) is 0 Å². The number of nitrogens with zero attached hydrogens (tertiary/aromatic N) is 4. The van der Waals surface area contributed by atoms with E-state index in [4.69, 9.17) is 18.5 Å². The zero-order valence-corrected chi connectivity index (χ0v) is 23.4. The minimum absolute atomic E-state index is 0.0584. The van der Waals surface area contributed by atoms with Crippen LogP contribution in [0.5, 0.6) is 5.75 Å². The Bertz CT molecular complexity index is 1410. The number of hydrogen-bond acceptors (Lipinski definition) is 11. The van der Waals surface area contributed by atoms with Crippen molar-refractivity contribution in [1.29, 1.82) is 0 Å². The lowest BCUT2D eigenvalue weighted by molar-refractivity contribution is -0.202. The summed E-state index contributed by atoms with van der Waals surface area (Å²) in [5.74, 6) is -3.21. The van der Waals surface area contributed by atoms with Crippen molar-refractivity contribution in [3.05, 3.63) is 42.5 Å². The van der Waals surface area contributed by atoms with Crippen molar-refractivity contribution in [2.45, 2.75) is 57.6 Å². The number of rotatable bonds is 11. The second-order valence-corrected chi connectivity index (χ2v) is 11.0. The lowest BCUT2D eigenvalue weighted by Gasteiger charge is -2.28. The zero-order valence-electron chi connectivity index (χ0n) is 22.5. The van der Waals surface area contributed by atoms with Gasteiger partial charge in [0.1, 0.15) is 24.2 Å². The maximum absolute atomic E-state index is 16.1. The topological polar surface area (TPSA) is 159 Å². The fourth-order valence-electron chi connectivity index (χ4n) is 4.17. The molecule has 1 unspecified atom stereocenters. The average Bonchev–Trinajstić information content (AvgIpc) is 3.40. The molecule has 1 saturated heterocycles. The predicted molar refractivity (Wildman–Crippen MR) is 139 cm³/mol. The molecule has 4 rings (SSSR count). The Kier molecular flexibility index (Phi) is 8.43. The lowest BCUT2D eigenvalue weighted by atomic mass is 9.97. The number of ether oxygens (including phenoxy) is 2. The lowest BCUT2D eigenvalue weighted by Crippen LogP contribution is -2.47. The Morgan fingerprint density at radius 3 is 2.65 bits per heavy atom. The molecule has 13 nitrogen and oxygen atoms in total. The summed E-state index contributed by atoms with van der Waals surface area (Å²) in [7, 11) is -2.91. The van der Waals surface area contributed by atoms with Gasteiger partial charge in [-0.3, -0.25) is 13.9 Å². The highest BCUT2D eigenvalue weighted by Crippen LogP contribution is 2.52. The number of para-hydroxylation sites is 1. The van der Waals surface area contributed by atoms with E-state index in [0.717, 1.165) is 11.5 Å². The number of aliphatic hydroxyl groups is 1. The van der Waals surface area contributed by atoms with Gasteiger partial charge in [-0.05, 0) is 39.8 Å². The summed E-state index contributed by atoms with van der Waals surface area (Å²) in [6.07, 6.45) is -2.96. The Balaban J connectivity index is 1.61. The van der Waals surface area contributed by atoms with Crippen molar-refractivity contribution in [3.8, 4) is 5.75 Å². The van der Waals surface area contributed by atoms with E-state index in [2.05, 4.69) is 25.4 Å². The van der Waals surface area contributed by atoms with Crippen LogP contribution < -0.4 is 14.9 Å². The van der Waals surface area contributed by atoms with Crippen molar-refractivity contribution in [3.63, 3.8) is 0 Å². The second kappa shape index (κ2) is 11.3. The van der Waals surface area contributed by atoms with E-state index in [9.17, 15) is 14.5 Å². The number of carbonyl (C=O) groups is 1. The minimum atomic E-state index is -4.53. The molecule has 0 radical (unpaired) electrons. The monoisotopic (exact) mass is 584 g/mol. The number of alkyl halides is 2. The molecule has 0 bridgehead atoms. The van der Waals surface area contributed by atoms with Crippen molar-refractivity contribution in [1.82, 2.24) is 24.6 Å². The van der Waals surface area contributed by atoms with Crippen LogP contribution in [-0.4, -0.2) is 74.5 Å². The molecule has 3 N–H and O–H groups in total. The molecule has 40 heavy (non-hydrogen) atoms. The second-order valence-electron chi connectivity index (χ2n) is 9.28. The van der Waals surface area contributed by atoms with Gasteiger partial charge in [-0.2, -0.15) is 5.09 Å². The predicted octanol–water partition coefficient (Wildman–Crippen LogP) is 3.21. The third-order valence-electron chi connectivity index (χ3n) is 6.15. The van der Waals surface area contributed by atoms with Crippen LogP contribution in [0, 0.1) is 6.92 Å². The van der Waals surface area contributed by atoms with Crippen LogP contribution in [0.15, 0.2) is 36.7 Å². The van der Waals surface area contributed by atoms with Crippen molar-refractivity contribution < 1.29 is 41.8 Å². The van der Waals surface area contributed by atoms with Crippen LogP contribution in [0.4, 0.5) is 14.6 Å². The van der Waals surface area contributed by atoms with E-state index in [1.54, 1.807) is 39.1 Å². The van der Waals surface area contributed by atoms with Crippen molar-refractivity contribution in [2.75, 3.05) is 25.6 Å². The van der Waals surface area contributed by atoms with E-state index >= 15 is 8.78 Å². The van der Waals surface area contributed by atoms with Crippen LogP contribution in [0.1, 0.15) is 32.8 Å². The van der Waals surface area contributed by atoms with E-state index < -0.39 is 50.2 Å². The quantitative estimate of drug-likeness (QED) is 0.224. The molecule has 1 fully saturated rings. The van der Waals surface area contributed by atoms with Crippen molar-refractivity contribution >= 4 is 30.7 Å². The average molecular weight is 585 g/mol. The van der Waals surface area contributed by atoms with Crippen LogP contribution in [0.2, 0.25) is 0 Å². The third kappa shape index (κ3) is 5.79. The summed E-state index contributed by atoms with van der Waals surface area (Å²) >= 11 is 0. The van der Waals surface area contributed by atoms with Crippen LogP contribution in [0.3, 0.4) is 0 Å². The fraction of sp³-hybridized carbons (Fsp3) is 0.500. The minimum Gasteiger partial charge on any atom is -0.465 e. The molecular weight excluding hydrogens is 553 g/mol. The number of benzene rings is 1. The normalized spacial score (nSPS) is 26.8. The summed E-state index contributed by atoms with van der Waals surface area (Å²) in [5.41, 5.74) is -2.32. The largest absolute Gasteiger partial charge is 0.465 e. The highest BCUT2D eigenvalue weighted by atomic mass is 31.2. The molecule has 0 amide bonds. The van der Waals surface area contributed by atoms with Crippen LogP contribution in [0.25, 0.3) is 11.2 Å². The summed E-state index contributed by atoms with van der Waals surface area (Å²) in [6, 6.07) is 6.59. The van der Waals surface area contributed by atoms with E-state index in [-0.39, 0.29) is 23.5 Å². The van der Waals surface area contributed by atoms with E-state index in [1.807, 2.05) is 0 Å². The first-order valence-corrected chi connectivity index (χ1v) is 13.9. The number of fused-ring (bicyclic) bond motifs is 1. The Labute approximate surface area is 228 Å². The van der Waals surface area contributed by atoms with Gasteiger partial charge in [0.25, 0.3) is 5.85 Å². The smallest absolute Gasteiger partial charge is 0.459 e. The van der Waals surface area contributed by atoms with E-state index in [1.165, 1.54) is 25.4 Å². The van der Waals surface area contributed by atoms with Gasteiger partial charge in [-0.25, -0.2) is 28.3 Å². The molecule has 16 heteroatoms. The molecule has 1 aliphatic heterocycles. The SMILES string of the molecule is CCOC(=O)[C@@H](C)NP(=O)(OC[C@@]1(F)O[C@@H](n2cnc3c(NC)nc(C)nc32)[C@](C)(F)[C@@H]1O)Oc1ccccc1. The van der Waals surface area contributed by atoms with Gasteiger partial charge in [0.2, 0.25) is 0 Å². The number of carbonyl (C=O) groups excluding carboxylic acids is 1. The van der Waals surface area contributed by atoms with Gasteiger partial charge < -0.3 is 24.4 Å². The number of imidazole rings is 1. The Morgan fingerprint density at radius 2 is 2.00 bits per heavy atom. The number of anilines is 1. The molecular formula is C24H31F2N6O7P. The number of aliphatic hydroxyl groups excluding tert-OH is 1. The first-order valence-electron chi connectivity index (χ1n) is 12.4. The Hall–Kier alpha value is -3.23. The molecule has 0 spiro atoms. The van der Waals surface area contributed by atoms with Crippen LogP contribution >= 0.6 is 7.75 Å². The van der Waals surface area contributed by atoms with Gasteiger partial charge in [0.15, 0.2) is 35.0 Å². The van der Waals surface area contributed by atoms with Gasteiger partial charge in [0, 0.05) is 7.05 Å². The molecule has 218 valence electrons. The molecule has 3 aromatic rings. The summed E-state index contributed by atoms with van der Waals surface area (Å²) in [5, 5.41) is 16.0. The van der Waals surface area contributed by atoms with Gasteiger partial charge >= 0.3 is 13.7 Å². The van der Waals surface area contributed by atoms with Crippen LogP contribution in [-0.2, 0) is 23.4 Å². The zero-order chi connectivity index (χ0) is 29.3. The molecule has 1 aliphatic rings. The molecule has 6 atom stereocenters. The molecule has 0 aliphatic carbocycles. The number of aryl methyl sites for hydroxylation is 1. The summed E-state index contributed by atoms with van der Waals surface area (Å²) in [6.45, 7) is 4.31. The maximum Gasteiger partial charge on any atom is 0.459 e. The maximum atomic E-state index is 16.1. The molecule has 0 saturated carbocycles. The summed E-state index contributed by atoms with van der Waals surface area (Å²) < 4.78 is 68.0. The number of halogens is 2. The highest BCUT2D eigenvalue weighted by Gasteiger charge is 2.65.